The number of hydrogen-bond acceptors (Lipinski definition) is 4. The number of nitrogens with one attached hydrogen (secondary N) is 2. The molecule has 2 aliphatic heterocycles. The van der Waals surface area contributed by atoms with Gasteiger partial charge in [0.1, 0.15) is 5.54 Å². The average Bonchev–Trinajstić information content (AvgIpc) is 2.95. The molecule has 2 heterocycles. The van der Waals surface area contributed by atoms with Crippen LogP contribution < -0.4 is 10.7 Å². The summed E-state index contributed by atoms with van der Waals surface area (Å²) in [5.41, 5.74) is 3.09. The van der Waals surface area contributed by atoms with Crippen molar-refractivity contribution in [3.05, 3.63) is 35.9 Å². The molecule has 1 saturated carbocycles. The fourth-order valence-corrected chi connectivity index (χ4v) is 4.88. The lowest BCUT2D eigenvalue weighted by Crippen LogP contribution is -2.53. The van der Waals surface area contributed by atoms with Gasteiger partial charge in [0, 0.05) is 0 Å². The minimum Gasteiger partial charge on any atom is -0.322 e. The van der Waals surface area contributed by atoms with Gasteiger partial charge in [0.05, 0.1) is 6.54 Å². The number of hydrogen-bond donors (Lipinski definition) is 2. The van der Waals surface area contributed by atoms with Crippen LogP contribution in [0.5, 0.6) is 0 Å². The quantitative estimate of drug-likeness (QED) is 0.746. The van der Waals surface area contributed by atoms with Gasteiger partial charge in [-0.3, -0.25) is 19.9 Å². The van der Waals surface area contributed by atoms with Gasteiger partial charge >= 0.3 is 6.03 Å². The van der Waals surface area contributed by atoms with Crippen molar-refractivity contribution in [2.75, 3.05) is 19.6 Å². The predicted octanol–water partition coefficient (Wildman–Crippen LogP) is 2.23. The third-order valence-electron chi connectivity index (χ3n) is 6.55. The Morgan fingerprint density at radius 1 is 1.07 bits per heavy atom. The van der Waals surface area contributed by atoms with Crippen LogP contribution in [0.25, 0.3) is 0 Å². The van der Waals surface area contributed by atoms with E-state index in [9.17, 15) is 14.4 Å². The second-order valence-electron chi connectivity index (χ2n) is 8.66. The first-order chi connectivity index (χ1) is 14.1. The van der Waals surface area contributed by atoms with Gasteiger partial charge in [0.2, 0.25) is 0 Å². The Labute approximate surface area is 171 Å². The molecule has 3 fully saturated rings. The third kappa shape index (κ3) is 4.45. The van der Waals surface area contributed by atoms with Crippen molar-refractivity contribution in [2.24, 2.45) is 5.92 Å². The van der Waals surface area contributed by atoms with Crippen LogP contribution in [0, 0.1) is 5.92 Å². The summed E-state index contributed by atoms with van der Waals surface area (Å²) < 4.78 is 0. The Balaban J connectivity index is 1.24. The Bertz CT molecular complexity index is 753. The number of urea groups is 1. The topological polar surface area (TPSA) is 81.8 Å². The van der Waals surface area contributed by atoms with Crippen LogP contribution in [0.15, 0.2) is 30.3 Å². The van der Waals surface area contributed by atoms with Crippen LogP contribution in [0.1, 0.15) is 50.5 Å². The number of imide groups is 1. The first-order valence-electron chi connectivity index (χ1n) is 10.8. The SMILES string of the molecule is O=C(CN1CCC(Cc2ccccc2)CC1)NN1C(=O)NC2(CCCCC2)C1=O. The first-order valence-corrected chi connectivity index (χ1v) is 10.8. The molecule has 4 amide bonds. The van der Waals surface area contributed by atoms with E-state index in [1.807, 2.05) is 6.07 Å². The zero-order valence-corrected chi connectivity index (χ0v) is 16.9. The molecule has 7 nitrogen and oxygen atoms in total. The predicted molar refractivity (Wildman–Crippen MR) is 109 cm³/mol. The van der Waals surface area contributed by atoms with Gasteiger partial charge in [-0.1, -0.05) is 49.6 Å². The molecule has 1 aromatic rings. The lowest BCUT2D eigenvalue weighted by molar-refractivity contribution is -0.140. The molecular weight excluding hydrogens is 368 g/mol. The molecule has 0 bridgehead atoms. The van der Waals surface area contributed by atoms with E-state index in [1.165, 1.54) is 5.56 Å². The van der Waals surface area contributed by atoms with Crippen molar-refractivity contribution in [1.82, 2.24) is 20.7 Å². The molecule has 3 aliphatic rings. The molecule has 1 spiro atoms. The van der Waals surface area contributed by atoms with Crippen molar-refractivity contribution < 1.29 is 14.4 Å². The normalized spacial score (nSPS) is 22.7. The lowest BCUT2D eigenvalue weighted by atomic mass is 9.82. The monoisotopic (exact) mass is 398 g/mol. The molecule has 4 rings (SSSR count). The van der Waals surface area contributed by atoms with Crippen molar-refractivity contribution >= 4 is 17.8 Å². The molecule has 0 atom stereocenters. The van der Waals surface area contributed by atoms with Crippen molar-refractivity contribution in [2.45, 2.75) is 56.9 Å². The summed E-state index contributed by atoms with van der Waals surface area (Å²) in [6, 6.07) is 10.00. The molecular formula is C22H30N4O3. The van der Waals surface area contributed by atoms with Crippen LogP contribution >= 0.6 is 0 Å². The number of nitrogens with zero attached hydrogens (tertiary/aromatic N) is 2. The van der Waals surface area contributed by atoms with E-state index < -0.39 is 11.6 Å². The standard InChI is InChI=1S/C22H30N4O3/c27-19(24-26-20(28)22(23-21(26)29)11-5-2-6-12-22)16-25-13-9-18(10-14-25)15-17-7-3-1-4-8-17/h1,3-4,7-8,18H,2,5-6,9-16H2,(H,23,29)(H,24,27). The van der Waals surface area contributed by atoms with Gasteiger partial charge in [0.15, 0.2) is 0 Å². The summed E-state index contributed by atoms with van der Waals surface area (Å²) in [5.74, 6) is 0.0220. The van der Waals surface area contributed by atoms with E-state index in [-0.39, 0.29) is 18.4 Å². The fraction of sp³-hybridized carbons (Fsp3) is 0.591. The zero-order valence-electron chi connectivity index (χ0n) is 16.9. The number of rotatable bonds is 5. The number of piperidine rings is 1. The molecule has 29 heavy (non-hydrogen) atoms. The van der Waals surface area contributed by atoms with Gasteiger partial charge in [0.25, 0.3) is 11.8 Å². The van der Waals surface area contributed by atoms with Crippen LogP contribution in [-0.4, -0.2) is 52.9 Å². The van der Waals surface area contributed by atoms with E-state index in [4.69, 9.17) is 0 Å². The molecule has 2 saturated heterocycles. The smallest absolute Gasteiger partial charge is 0.322 e. The van der Waals surface area contributed by atoms with Gasteiger partial charge in [-0.15, -0.1) is 0 Å². The van der Waals surface area contributed by atoms with Crippen LogP contribution in [-0.2, 0) is 16.0 Å². The second kappa shape index (κ2) is 8.53. The van der Waals surface area contributed by atoms with Crippen molar-refractivity contribution in [1.29, 1.82) is 0 Å². The van der Waals surface area contributed by atoms with Crippen LogP contribution in [0.4, 0.5) is 4.79 Å². The number of amides is 4. The van der Waals surface area contributed by atoms with E-state index >= 15 is 0 Å². The molecule has 2 N–H and O–H groups in total. The highest BCUT2D eigenvalue weighted by molar-refractivity contribution is 6.08. The maximum Gasteiger partial charge on any atom is 0.344 e. The van der Waals surface area contributed by atoms with Gasteiger partial charge < -0.3 is 5.32 Å². The molecule has 0 radical (unpaired) electrons. The Morgan fingerprint density at radius 3 is 2.45 bits per heavy atom. The summed E-state index contributed by atoms with van der Waals surface area (Å²) >= 11 is 0. The maximum atomic E-state index is 12.8. The first kappa shape index (κ1) is 19.9. The second-order valence-corrected chi connectivity index (χ2v) is 8.66. The average molecular weight is 399 g/mol. The molecule has 156 valence electrons. The molecule has 1 aromatic carbocycles. The van der Waals surface area contributed by atoms with E-state index in [0.29, 0.717) is 18.8 Å². The Morgan fingerprint density at radius 2 is 1.76 bits per heavy atom. The van der Waals surface area contributed by atoms with Crippen LogP contribution in [0.3, 0.4) is 0 Å². The maximum absolute atomic E-state index is 12.8. The van der Waals surface area contributed by atoms with Gasteiger partial charge in [-0.05, 0) is 56.7 Å². The largest absolute Gasteiger partial charge is 0.344 e. The summed E-state index contributed by atoms with van der Waals surface area (Å²) in [6.07, 6.45) is 7.40. The van der Waals surface area contributed by atoms with Crippen molar-refractivity contribution in [3.8, 4) is 0 Å². The summed E-state index contributed by atoms with van der Waals surface area (Å²) in [7, 11) is 0. The summed E-state index contributed by atoms with van der Waals surface area (Å²) in [4.78, 5) is 39.6. The Hall–Kier alpha value is -2.41. The highest BCUT2D eigenvalue weighted by Gasteiger charge is 2.52. The highest BCUT2D eigenvalue weighted by atomic mass is 16.2. The number of carbonyl (C=O) groups is 3. The molecule has 1 aliphatic carbocycles. The Kier molecular flexibility index (Phi) is 5.85. The molecule has 0 aromatic heterocycles. The molecule has 7 heteroatoms. The van der Waals surface area contributed by atoms with E-state index in [1.54, 1.807) is 0 Å². The van der Waals surface area contributed by atoms with Crippen LogP contribution in [0.2, 0.25) is 0 Å². The summed E-state index contributed by atoms with van der Waals surface area (Å²) in [5, 5.41) is 3.71. The van der Waals surface area contributed by atoms with Gasteiger partial charge in [-0.25, -0.2) is 4.79 Å². The summed E-state index contributed by atoms with van der Waals surface area (Å²) in [6.45, 7) is 1.92. The number of benzene rings is 1. The van der Waals surface area contributed by atoms with Crippen molar-refractivity contribution in [3.63, 3.8) is 0 Å². The number of carbonyl (C=O) groups excluding carboxylic acids is 3. The number of hydrazine groups is 1. The molecule has 0 unspecified atom stereocenters. The zero-order chi connectivity index (χ0) is 20.3. The third-order valence-corrected chi connectivity index (χ3v) is 6.55. The van der Waals surface area contributed by atoms with E-state index in [0.717, 1.165) is 56.6 Å². The van der Waals surface area contributed by atoms with E-state index in [2.05, 4.69) is 39.9 Å². The lowest BCUT2D eigenvalue weighted by Gasteiger charge is -2.32. The number of likely N-dealkylation sites (tertiary alicyclic amines) is 1. The highest BCUT2D eigenvalue weighted by Crippen LogP contribution is 2.33. The minimum absolute atomic E-state index is 0.210. The minimum atomic E-state index is -0.807. The van der Waals surface area contributed by atoms with Gasteiger partial charge in [-0.2, -0.15) is 5.01 Å². The fourth-order valence-electron chi connectivity index (χ4n) is 4.88.